The first-order valence-corrected chi connectivity index (χ1v) is 6.05. The largest absolute Gasteiger partial charge is 0.479 e. The van der Waals surface area contributed by atoms with Gasteiger partial charge in [-0.05, 0) is 25.1 Å². The van der Waals surface area contributed by atoms with Gasteiger partial charge in [-0.15, -0.1) is 0 Å². The number of imidazole rings is 1. The Morgan fingerprint density at radius 1 is 1.56 bits per heavy atom. The third-order valence-electron chi connectivity index (χ3n) is 2.37. The molecule has 2 rings (SSSR count). The summed E-state index contributed by atoms with van der Waals surface area (Å²) in [5.41, 5.74) is 1.43. The van der Waals surface area contributed by atoms with Gasteiger partial charge in [-0.1, -0.05) is 15.9 Å². The van der Waals surface area contributed by atoms with Crippen LogP contribution in [0.25, 0.3) is 11.3 Å². The fourth-order valence-corrected chi connectivity index (χ4v) is 1.81. The van der Waals surface area contributed by atoms with E-state index in [4.69, 9.17) is 9.84 Å². The number of ether oxygens (including phenoxy) is 1. The summed E-state index contributed by atoms with van der Waals surface area (Å²) >= 11 is 3.37. The zero-order valence-electron chi connectivity index (χ0n) is 9.55. The lowest BCUT2D eigenvalue weighted by Gasteiger charge is -2.13. The molecule has 0 amide bonds. The van der Waals surface area contributed by atoms with Gasteiger partial charge < -0.3 is 14.8 Å². The molecule has 1 aromatic carbocycles. The molecule has 6 heteroatoms. The van der Waals surface area contributed by atoms with Gasteiger partial charge >= 0.3 is 5.97 Å². The number of hydrogen-bond acceptors (Lipinski definition) is 3. The van der Waals surface area contributed by atoms with Crippen LogP contribution in [-0.2, 0) is 4.79 Å². The third kappa shape index (κ3) is 2.70. The number of benzene rings is 1. The number of carboxylic acids is 1. The van der Waals surface area contributed by atoms with E-state index in [0.717, 1.165) is 10.0 Å². The number of halogens is 1. The molecule has 0 bridgehead atoms. The summed E-state index contributed by atoms with van der Waals surface area (Å²) in [5.74, 6) is -0.522. The number of nitrogens with one attached hydrogen (secondary N) is 1. The van der Waals surface area contributed by atoms with Crippen LogP contribution in [0.5, 0.6) is 5.75 Å². The first kappa shape index (κ1) is 12.6. The van der Waals surface area contributed by atoms with Gasteiger partial charge in [0.25, 0.3) is 0 Å². The smallest absolute Gasteiger partial charge is 0.344 e. The zero-order valence-corrected chi connectivity index (χ0v) is 11.1. The molecule has 94 valence electrons. The molecule has 1 atom stereocenters. The molecule has 2 N–H and O–H groups in total. The molecule has 18 heavy (non-hydrogen) atoms. The second-order valence-electron chi connectivity index (χ2n) is 3.69. The molecule has 0 aliphatic rings. The molecule has 2 aromatic rings. The van der Waals surface area contributed by atoms with Crippen molar-refractivity contribution in [3.8, 4) is 17.0 Å². The Kier molecular flexibility index (Phi) is 3.66. The van der Waals surface area contributed by atoms with Gasteiger partial charge in [-0.2, -0.15) is 0 Å². The summed E-state index contributed by atoms with van der Waals surface area (Å²) < 4.78 is 6.28. The zero-order chi connectivity index (χ0) is 13.1. The van der Waals surface area contributed by atoms with Gasteiger partial charge in [-0.25, -0.2) is 9.78 Å². The van der Waals surface area contributed by atoms with Gasteiger partial charge in [0, 0.05) is 16.2 Å². The number of rotatable bonds is 4. The van der Waals surface area contributed by atoms with Gasteiger partial charge in [0.15, 0.2) is 6.10 Å². The molecule has 0 fully saturated rings. The number of nitrogens with zero attached hydrogens (tertiary/aromatic N) is 1. The van der Waals surface area contributed by atoms with Crippen molar-refractivity contribution in [2.24, 2.45) is 0 Å². The van der Waals surface area contributed by atoms with Crippen molar-refractivity contribution in [1.29, 1.82) is 0 Å². The van der Waals surface area contributed by atoms with Crippen LogP contribution in [0.15, 0.2) is 35.2 Å². The van der Waals surface area contributed by atoms with E-state index in [1.165, 1.54) is 6.92 Å². The van der Waals surface area contributed by atoms with Crippen LogP contribution in [0.3, 0.4) is 0 Å². The number of carboxylic acid groups (broad SMARTS) is 1. The van der Waals surface area contributed by atoms with Crippen LogP contribution >= 0.6 is 15.9 Å². The number of H-pyrrole nitrogens is 1. The number of aliphatic carboxylic acids is 1. The minimum Gasteiger partial charge on any atom is -0.479 e. The highest BCUT2D eigenvalue weighted by Gasteiger charge is 2.16. The molecule has 0 saturated heterocycles. The highest BCUT2D eigenvalue weighted by atomic mass is 79.9. The van der Waals surface area contributed by atoms with E-state index in [0.29, 0.717) is 11.4 Å². The first-order chi connectivity index (χ1) is 8.58. The van der Waals surface area contributed by atoms with Crippen LogP contribution in [0.1, 0.15) is 6.92 Å². The molecule has 0 aliphatic heterocycles. The Hall–Kier alpha value is -1.82. The predicted molar refractivity (Wildman–Crippen MR) is 69.4 cm³/mol. The Morgan fingerprint density at radius 3 is 2.94 bits per heavy atom. The molecule has 1 unspecified atom stereocenters. The van der Waals surface area contributed by atoms with Crippen LogP contribution < -0.4 is 4.74 Å². The molecule has 0 radical (unpaired) electrons. The summed E-state index contributed by atoms with van der Waals surface area (Å²) in [5, 5.41) is 8.86. The van der Waals surface area contributed by atoms with E-state index < -0.39 is 12.1 Å². The maximum atomic E-state index is 10.8. The van der Waals surface area contributed by atoms with E-state index >= 15 is 0 Å². The van der Waals surface area contributed by atoms with Crippen molar-refractivity contribution in [3.63, 3.8) is 0 Å². The topological polar surface area (TPSA) is 75.2 Å². The van der Waals surface area contributed by atoms with E-state index in [2.05, 4.69) is 25.9 Å². The first-order valence-electron chi connectivity index (χ1n) is 5.26. The van der Waals surface area contributed by atoms with Crippen LogP contribution in [0.2, 0.25) is 0 Å². The van der Waals surface area contributed by atoms with Crippen molar-refractivity contribution in [3.05, 3.63) is 35.2 Å². The van der Waals surface area contributed by atoms with Crippen molar-refractivity contribution in [1.82, 2.24) is 9.97 Å². The predicted octanol–water partition coefficient (Wildman–Crippen LogP) is 2.69. The Balaban J connectivity index is 2.38. The SMILES string of the molecule is CC(Oc1ccc(Br)cc1-c1c[nH]cn1)C(=O)O. The standard InChI is InChI=1S/C12H11BrN2O3/c1-7(12(16)17)18-11-3-2-8(13)4-9(11)10-5-14-6-15-10/h2-7H,1H3,(H,14,15)(H,16,17). The molecule has 0 spiro atoms. The van der Waals surface area contributed by atoms with Crippen LogP contribution in [0, 0.1) is 0 Å². The minimum absolute atomic E-state index is 0.486. The fourth-order valence-electron chi connectivity index (χ4n) is 1.45. The average Bonchev–Trinajstić information content (AvgIpc) is 2.84. The number of hydrogen-bond donors (Lipinski definition) is 2. The van der Waals surface area contributed by atoms with E-state index in [9.17, 15) is 4.79 Å². The Bertz CT molecular complexity index is 554. The third-order valence-corrected chi connectivity index (χ3v) is 2.86. The number of carbonyl (C=O) groups is 1. The fraction of sp³-hybridized carbons (Fsp3) is 0.167. The van der Waals surface area contributed by atoms with Gasteiger partial charge in [-0.3, -0.25) is 0 Å². The van der Waals surface area contributed by atoms with Crippen molar-refractivity contribution in [2.75, 3.05) is 0 Å². The molecular formula is C12H11BrN2O3. The van der Waals surface area contributed by atoms with Gasteiger partial charge in [0.2, 0.25) is 0 Å². The van der Waals surface area contributed by atoms with E-state index in [-0.39, 0.29) is 0 Å². The summed E-state index contributed by atoms with van der Waals surface area (Å²) in [6.07, 6.45) is 2.37. The maximum absolute atomic E-state index is 10.8. The van der Waals surface area contributed by atoms with E-state index in [1.54, 1.807) is 24.7 Å². The lowest BCUT2D eigenvalue weighted by atomic mass is 10.1. The average molecular weight is 311 g/mol. The maximum Gasteiger partial charge on any atom is 0.344 e. The highest BCUT2D eigenvalue weighted by molar-refractivity contribution is 9.10. The minimum atomic E-state index is -1.01. The number of aromatic amines is 1. The second kappa shape index (κ2) is 5.22. The normalized spacial score (nSPS) is 12.1. The van der Waals surface area contributed by atoms with Crippen molar-refractivity contribution < 1.29 is 14.6 Å². The molecular weight excluding hydrogens is 300 g/mol. The molecule has 1 aromatic heterocycles. The molecule has 5 nitrogen and oxygen atoms in total. The van der Waals surface area contributed by atoms with Crippen LogP contribution in [0.4, 0.5) is 0 Å². The van der Waals surface area contributed by atoms with Crippen LogP contribution in [-0.4, -0.2) is 27.1 Å². The summed E-state index contributed by atoms with van der Waals surface area (Å²) in [4.78, 5) is 17.8. The van der Waals surface area contributed by atoms with Gasteiger partial charge in [0.1, 0.15) is 5.75 Å². The summed E-state index contributed by atoms with van der Waals surface area (Å²) in [6.45, 7) is 1.48. The quantitative estimate of drug-likeness (QED) is 0.910. The van der Waals surface area contributed by atoms with E-state index in [1.807, 2.05) is 6.07 Å². The van der Waals surface area contributed by atoms with Crippen molar-refractivity contribution in [2.45, 2.75) is 13.0 Å². The van der Waals surface area contributed by atoms with Crippen molar-refractivity contribution >= 4 is 21.9 Å². The lowest BCUT2D eigenvalue weighted by molar-refractivity contribution is -0.144. The second-order valence-corrected chi connectivity index (χ2v) is 4.61. The monoisotopic (exact) mass is 310 g/mol. The van der Waals surface area contributed by atoms with Gasteiger partial charge in [0.05, 0.1) is 12.0 Å². The molecule has 0 saturated carbocycles. The molecule has 0 aliphatic carbocycles. The summed E-state index contributed by atoms with van der Waals surface area (Å²) in [7, 11) is 0. The number of aromatic nitrogens is 2. The molecule has 1 heterocycles. The Labute approximate surface area is 112 Å². The Morgan fingerprint density at radius 2 is 2.33 bits per heavy atom. The lowest BCUT2D eigenvalue weighted by Crippen LogP contribution is -2.23. The highest BCUT2D eigenvalue weighted by Crippen LogP contribution is 2.32. The summed E-state index contributed by atoms with van der Waals surface area (Å²) in [6, 6.07) is 5.34.